The molecule has 4 aromatic rings. The van der Waals surface area contributed by atoms with Crippen LogP contribution in [0.5, 0.6) is 11.5 Å². The quantitative estimate of drug-likeness (QED) is 0.391. The van der Waals surface area contributed by atoms with Gasteiger partial charge in [0.05, 0.1) is 5.92 Å². The van der Waals surface area contributed by atoms with Crippen LogP contribution in [0.15, 0.2) is 88.4 Å². The highest BCUT2D eigenvalue weighted by Gasteiger charge is 2.32. The van der Waals surface area contributed by atoms with E-state index in [0.717, 1.165) is 22.1 Å². The average Bonchev–Trinajstić information content (AvgIpc) is 3.20. The summed E-state index contributed by atoms with van der Waals surface area (Å²) in [5.41, 5.74) is 5.74. The van der Waals surface area contributed by atoms with Crippen LogP contribution in [0.2, 0.25) is 0 Å². The molecule has 2 heterocycles. The summed E-state index contributed by atoms with van der Waals surface area (Å²) in [6, 6.07) is 24.8. The molecule has 0 spiro atoms. The molecule has 0 unspecified atom stereocenters. The molecular formula is C24H18N2O3. The zero-order valence-corrected chi connectivity index (χ0v) is 15.8. The predicted molar refractivity (Wildman–Crippen MR) is 111 cm³/mol. The number of ether oxygens (including phenoxy) is 1. The lowest BCUT2D eigenvalue weighted by Crippen LogP contribution is -2.29. The molecule has 3 aromatic carbocycles. The smallest absolute Gasteiger partial charge is 0.252 e. The Morgan fingerprint density at radius 2 is 1.52 bits per heavy atom. The van der Waals surface area contributed by atoms with E-state index in [1.54, 1.807) is 0 Å². The van der Waals surface area contributed by atoms with Crippen molar-refractivity contribution in [1.82, 2.24) is 5.43 Å². The minimum Gasteiger partial charge on any atom is -0.457 e. The molecule has 0 aliphatic carbocycles. The molecule has 1 N–H and O–H groups in total. The largest absolute Gasteiger partial charge is 0.457 e. The van der Waals surface area contributed by atoms with Gasteiger partial charge in [0.15, 0.2) is 5.76 Å². The summed E-state index contributed by atoms with van der Waals surface area (Å²) in [6.45, 7) is 1.81. The standard InChI is InChI=1S/C24H18N2O3/c1-15(22-14-16-8-2-5-11-19(16)28-22)25-26-24(27)23-17-9-3-6-12-20(17)29-21-13-7-4-10-18(21)23/h2-14,23H,1H3,(H,26,27). The molecule has 1 amide bonds. The van der Waals surface area contributed by atoms with Crippen molar-refractivity contribution in [3.05, 3.63) is 95.7 Å². The fraction of sp³-hybridized carbons (Fsp3) is 0.0833. The van der Waals surface area contributed by atoms with Gasteiger partial charge in [0.25, 0.3) is 5.91 Å². The fourth-order valence-corrected chi connectivity index (χ4v) is 3.61. The third kappa shape index (κ3) is 3.06. The highest BCUT2D eigenvalue weighted by Crippen LogP contribution is 2.43. The molecule has 0 radical (unpaired) electrons. The number of benzene rings is 3. The van der Waals surface area contributed by atoms with E-state index in [1.165, 1.54) is 0 Å². The van der Waals surface area contributed by atoms with Crippen molar-refractivity contribution >= 4 is 22.6 Å². The summed E-state index contributed by atoms with van der Waals surface area (Å²) in [5.74, 6) is 1.28. The maximum absolute atomic E-state index is 13.1. The van der Waals surface area contributed by atoms with Crippen LogP contribution in [0.25, 0.3) is 11.0 Å². The predicted octanol–water partition coefficient (Wildman–Crippen LogP) is 5.21. The van der Waals surface area contributed by atoms with Gasteiger partial charge in [-0.25, -0.2) is 5.43 Å². The molecule has 1 aliphatic heterocycles. The second-order valence-electron chi connectivity index (χ2n) is 6.93. The van der Waals surface area contributed by atoms with E-state index in [2.05, 4.69) is 10.5 Å². The lowest BCUT2D eigenvalue weighted by molar-refractivity contribution is -0.121. The fourth-order valence-electron chi connectivity index (χ4n) is 3.61. The summed E-state index contributed by atoms with van der Waals surface area (Å²) in [5, 5.41) is 5.29. The van der Waals surface area contributed by atoms with Crippen molar-refractivity contribution in [3.8, 4) is 11.5 Å². The number of carbonyl (C=O) groups is 1. The minimum atomic E-state index is -0.497. The number of hydrazone groups is 1. The summed E-state index contributed by atoms with van der Waals surface area (Å²) < 4.78 is 11.8. The molecule has 29 heavy (non-hydrogen) atoms. The van der Waals surface area contributed by atoms with Crippen LogP contribution in [-0.2, 0) is 4.79 Å². The Balaban J connectivity index is 1.46. The van der Waals surface area contributed by atoms with Crippen LogP contribution in [0.1, 0.15) is 29.7 Å². The Bertz CT molecular complexity index is 1180. The molecule has 0 fully saturated rings. The van der Waals surface area contributed by atoms with E-state index in [-0.39, 0.29) is 5.91 Å². The van der Waals surface area contributed by atoms with Crippen LogP contribution in [0.4, 0.5) is 0 Å². The zero-order chi connectivity index (χ0) is 19.8. The maximum Gasteiger partial charge on any atom is 0.252 e. The number of nitrogens with zero attached hydrogens (tertiary/aromatic N) is 1. The number of hydrogen-bond donors (Lipinski definition) is 1. The van der Waals surface area contributed by atoms with Gasteiger partial charge >= 0.3 is 0 Å². The van der Waals surface area contributed by atoms with Crippen LogP contribution in [0, 0.1) is 0 Å². The first-order valence-corrected chi connectivity index (χ1v) is 9.39. The van der Waals surface area contributed by atoms with Gasteiger partial charge in [0, 0.05) is 16.5 Å². The zero-order valence-electron chi connectivity index (χ0n) is 15.8. The minimum absolute atomic E-state index is 0.219. The van der Waals surface area contributed by atoms with Crippen molar-refractivity contribution < 1.29 is 13.9 Å². The second kappa shape index (κ2) is 6.95. The van der Waals surface area contributed by atoms with Gasteiger partial charge in [-0.1, -0.05) is 54.6 Å². The van der Waals surface area contributed by atoms with E-state index in [4.69, 9.17) is 9.15 Å². The van der Waals surface area contributed by atoms with Gasteiger partial charge in [-0.2, -0.15) is 5.10 Å². The number of fused-ring (bicyclic) bond motifs is 3. The highest BCUT2D eigenvalue weighted by atomic mass is 16.5. The summed E-state index contributed by atoms with van der Waals surface area (Å²) in [6.07, 6.45) is 0. The lowest BCUT2D eigenvalue weighted by Gasteiger charge is -2.26. The van der Waals surface area contributed by atoms with Crippen molar-refractivity contribution in [3.63, 3.8) is 0 Å². The molecule has 0 bridgehead atoms. The SMILES string of the molecule is CC(=NNC(=O)C1c2ccccc2Oc2ccccc21)c1cc2ccccc2o1. The number of amides is 1. The van der Waals surface area contributed by atoms with E-state index >= 15 is 0 Å². The molecular weight excluding hydrogens is 364 g/mol. The molecule has 1 aliphatic rings. The van der Waals surface area contributed by atoms with Crippen molar-refractivity contribution in [2.45, 2.75) is 12.8 Å². The summed E-state index contributed by atoms with van der Waals surface area (Å²) in [7, 11) is 0. The molecule has 5 rings (SSSR count). The Hall–Kier alpha value is -3.86. The van der Waals surface area contributed by atoms with Crippen molar-refractivity contribution in [2.24, 2.45) is 5.10 Å². The first kappa shape index (κ1) is 17.3. The monoisotopic (exact) mass is 382 g/mol. The third-order valence-corrected chi connectivity index (χ3v) is 5.06. The number of furan rings is 1. The van der Waals surface area contributed by atoms with E-state index in [1.807, 2.05) is 85.8 Å². The molecule has 0 atom stereocenters. The van der Waals surface area contributed by atoms with Gasteiger partial charge in [-0.05, 0) is 31.2 Å². The van der Waals surface area contributed by atoms with Crippen LogP contribution < -0.4 is 10.2 Å². The van der Waals surface area contributed by atoms with E-state index in [0.29, 0.717) is 23.0 Å². The Morgan fingerprint density at radius 3 is 2.21 bits per heavy atom. The number of carbonyl (C=O) groups excluding carboxylic acids is 1. The van der Waals surface area contributed by atoms with Crippen LogP contribution in [-0.4, -0.2) is 11.6 Å². The van der Waals surface area contributed by atoms with E-state index in [9.17, 15) is 4.79 Å². The number of para-hydroxylation sites is 3. The van der Waals surface area contributed by atoms with Gasteiger partial charge in [-0.15, -0.1) is 0 Å². The van der Waals surface area contributed by atoms with Gasteiger partial charge in [-0.3, -0.25) is 4.79 Å². The van der Waals surface area contributed by atoms with Crippen molar-refractivity contribution in [1.29, 1.82) is 0 Å². The highest BCUT2D eigenvalue weighted by molar-refractivity contribution is 6.00. The number of rotatable bonds is 3. The molecule has 142 valence electrons. The first-order valence-electron chi connectivity index (χ1n) is 9.39. The van der Waals surface area contributed by atoms with Crippen LogP contribution >= 0.6 is 0 Å². The van der Waals surface area contributed by atoms with E-state index < -0.39 is 5.92 Å². The Labute approximate surface area is 167 Å². The van der Waals surface area contributed by atoms with Gasteiger partial charge < -0.3 is 9.15 Å². The number of hydrogen-bond acceptors (Lipinski definition) is 4. The number of nitrogens with one attached hydrogen (secondary N) is 1. The molecule has 0 saturated heterocycles. The molecule has 5 heteroatoms. The topological polar surface area (TPSA) is 63.8 Å². The molecule has 1 aromatic heterocycles. The molecule has 5 nitrogen and oxygen atoms in total. The third-order valence-electron chi connectivity index (χ3n) is 5.06. The van der Waals surface area contributed by atoms with Gasteiger partial charge in [0.2, 0.25) is 0 Å². The first-order chi connectivity index (χ1) is 14.2. The van der Waals surface area contributed by atoms with Crippen LogP contribution in [0.3, 0.4) is 0 Å². The normalized spacial score (nSPS) is 13.5. The van der Waals surface area contributed by atoms with Gasteiger partial charge in [0.1, 0.15) is 22.8 Å². The molecule has 0 saturated carbocycles. The lowest BCUT2D eigenvalue weighted by atomic mass is 9.87. The Morgan fingerprint density at radius 1 is 0.897 bits per heavy atom. The second-order valence-corrected chi connectivity index (χ2v) is 6.93. The van der Waals surface area contributed by atoms with Crippen molar-refractivity contribution in [2.75, 3.05) is 0 Å². The summed E-state index contributed by atoms with van der Waals surface area (Å²) in [4.78, 5) is 13.1. The summed E-state index contributed by atoms with van der Waals surface area (Å²) >= 11 is 0. The Kier molecular flexibility index (Phi) is 4.13. The maximum atomic E-state index is 13.1. The average molecular weight is 382 g/mol.